The monoisotopic (exact) mass is 268 g/mol. The first-order chi connectivity index (χ1) is 9.11. The second-order valence-corrected chi connectivity index (χ2v) is 4.32. The minimum atomic E-state index is -2.78. The van der Waals surface area contributed by atoms with Crippen molar-refractivity contribution >= 4 is 0 Å². The van der Waals surface area contributed by atoms with Gasteiger partial charge in [0.1, 0.15) is 5.75 Å². The summed E-state index contributed by atoms with van der Waals surface area (Å²) in [7, 11) is 0. The van der Waals surface area contributed by atoms with E-state index in [1.807, 2.05) is 0 Å². The lowest BCUT2D eigenvalue weighted by atomic mass is 10.1. The summed E-state index contributed by atoms with van der Waals surface area (Å²) in [6.45, 7) is -0.0278. The van der Waals surface area contributed by atoms with Gasteiger partial charge in [-0.3, -0.25) is 0 Å². The Balaban J connectivity index is 2.31. The molecular formula is C14H18F2N2O. The molecule has 5 heteroatoms. The van der Waals surface area contributed by atoms with E-state index in [0.29, 0.717) is 19.0 Å². The Bertz CT molecular complexity index is 401. The Kier molecular flexibility index (Phi) is 6.83. The lowest BCUT2D eigenvalue weighted by Crippen LogP contribution is -2.27. The van der Waals surface area contributed by atoms with E-state index in [1.54, 1.807) is 24.3 Å². The van der Waals surface area contributed by atoms with Gasteiger partial charge in [-0.05, 0) is 37.5 Å². The molecule has 0 spiro atoms. The van der Waals surface area contributed by atoms with Crippen molar-refractivity contribution < 1.29 is 13.5 Å². The highest BCUT2D eigenvalue weighted by atomic mass is 19.3. The van der Waals surface area contributed by atoms with Gasteiger partial charge in [0.05, 0.1) is 6.07 Å². The van der Waals surface area contributed by atoms with Crippen LogP contribution in [-0.4, -0.2) is 19.2 Å². The molecule has 1 aromatic rings. The zero-order valence-electron chi connectivity index (χ0n) is 10.9. The maximum Gasteiger partial charge on any atom is 0.387 e. The minimum Gasteiger partial charge on any atom is -0.435 e. The molecule has 0 fully saturated rings. The molecule has 0 aliphatic heterocycles. The van der Waals surface area contributed by atoms with Crippen LogP contribution in [0.3, 0.4) is 0 Å². The van der Waals surface area contributed by atoms with E-state index < -0.39 is 6.61 Å². The summed E-state index contributed by atoms with van der Waals surface area (Å²) >= 11 is 0. The molecule has 0 radical (unpaired) electrons. The third-order valence-electron chi connectivity index (χ3n) is 2.74. The second kappa shape index (κ2) is 8.44. The molecule has 1 rings (SSSR count). The number of alkyl halides is 2. The molecule has 0 saturated heterocycles. The van der Waals surface area contributed by atoms with E-state index in [1.165, 1.54) is 0 Å². The van der Waals surface area contributed by atoms with Crippen LogP contribution in [0.2, 0.25) is 0 Å². The Hall–Kier alpha value is -1.67. The summed E-state index contributed by atoms with van der Waals surface area (Å²) in [5.41, 5.74) is 1.08. The molecule has 0 aliphatic carbocycles. The quantitative estimate of drug-likeness (QED) is 0.737. The van der Waals surface area contributed by atoms with Gasteiger partial charge in [0.2, 0.25) is 0 Å². The number of rotatable bonds is 8. The van der Waals surface area contributed by atoms with Gasteiger partial charge in [-0.15, -0.1) is 0 Å². The van der Waals surface area contributed by atoms with Crippen molar-refractivity contribution in [2.75, 3.05) is 6.54 Å². The van der Waals surface area contributed by atoms with Gasteiger partial charge in [-0.25, -0.2) is 0 Å². The molecule has 0 aliphatic rings. The van der Waals surface area contributed by atoms with Crippen LogP contribution in [0.15, 0.2) is 24.3 Å². The zero-order valence-corrected chi connectivity index (χ0v) is 10.9. The fraction of sp³-hybridized carbons (Fsp3) is 0.500. The van der Waals surface area contributed by atoms with Crippen LogP contribution in [-0.2, 0) is 6.42 Å². The highest BCUT2D eigenvalue weighted by molar-refractivity contribution is 5.27. The van der Waals surface area contributed by atoms with Crippen LogP contribution < -0.4 is 10.1 Å². The maximum atomic E-state index is 12.0. The van der Waals surface area contributed by atoms with Gasteiger partial charge in [0, 0.05) is 19.0 Å². The van der Waals surface area contributed by atoms with Crippen LogP contribution in [0.25, 0.3) is 0 Å². The summed E-state index contributed by atoms with van der Waals surface area (Å²) < 4.78 is 28.2. The molecule has 0 bridgehead atoms. The molecule has 1 unspecified atom stereocenters. The van der Waals surface area contributed by atoms with Crippen molar-refractivity contribution in [3.63, 3.8) is 0 Å². The summed E-state index contributed by atoms with van der Waals surface area (Å²) in [5.74, 6) is 0.180. The molecule has 3 nitrogen and oxygen atoms in total. The first-order valence-corrected chi connectivity index (χ1v) is 6.26. The average Bonchev–Trinajstić information content (AvgIpc) is 2.37. The average molecular weight is 268 g/mol. The number of nitriles is 1. The van der Waals surface area contributed by atoms with E-state index in [0.717, 1.165) is 18.4 Å². The standard InChI is InChI=1S/C14H18F2N2O/c1-11(18-10-2-9-17)3-4-12-5-7-13(8-6-12)19-14(15)16/h5-8,11,14,18H,2-4,10H2,1H3. The zero-order chi connectivity index (χ0) is 14.1. The van der Waals surface area contributed by atoms with Crippen LogP contribution in [0.4, 0.5) is 8.78 Å². The van der Waals surface area contributed by atoms with Gasteiger partial charge in [0.25, 0.3) is 0 Å². The Morgan fingerprint density at radius 1 is 1.32 bits per heavy atom. The number of halogens is 2. The third kappa shape index (κ3) is 6.73. The van der Waals surface area contributed by atoms with E-state index in [2.05, 4.69) is 23.0 Å². The topological polar surface area (TPSA) is 45.0 Å². The molecule has 0 aromatic heterocycles. The largest absolute Gasteiger partial charge is 0.435 e. The second-order valence-electron chi connectivity index (χ2n) is 4.32. The minimum absolute atomic E-state index is 0.180. The predicted molar refractivity (Wildman–Crippen MR) is 69.1 cm³/mol. The lowest BCUT2D eigenvalue weighted by molar-refractivity contribution is -0.0498. The van der Waals surface area contributed by atoms with E-state index in [4.69, 9.17) is 5.26 Å². The first kappa shape index (κ1) is 15.4. The number of ether oxygens (including phenoxy) is 1. The number of aryl methyl sites for hydroxylation is 1. The van der Waals surface area contributed by atoms with Crippen LogP contribution in [0.5, 0.6) is 5.75 Å². The highest BCUT2D eigenvalue weighted by Crippen LogP contribution is 2.16. The fourth-order valence-corrected chi connectivity index (χ4v) is 1.70. The summed E-state index contributed by atoms with van der Waals surface area (Å²) in [4.78, 5) is 0. The molecule has 1 atom stereocenters. The predicted octanol–water partition coefficient (Wildman–Crippen LogP) is 3.11. The Labute approximate surface area is 112 Å². The number of benzene rings is 1. The Morgan fingerprint density at radius 3 is 2.58 bits per heavy atom. The van der Waals surface area contributed by atoms with Gasteiger partial charge >= 0.3 is 6.61 Å². The van der Waals surface area contributed by atoms with Gasteiger partial charge in [-0.2, -0.15) is 14.0 Å². The molecule has 0 amide bonds. The van der Waals surface area contributed by atoms with Crippen LogP contribution in [0, 0.1) is 11.3 Å². The van der Waals surface area contributed by atoms with Crippen molar-refractivity contribution in [3.8, 4) is 11.8 Å². The maximum absolute atomic E-state index is 12.0. The number of nitrogens with one attached hydrogen (secondary N) is 1. The van der Waals surface area contributed by atoms with Crippen LogP contribution in [0.1, 0.15) is 25.3 Å². The van der Waals surface area contributed by atoms with Crippen LogP contribution >= 0.6 is 0 Å². The van der Waals surface area contributed by atoms with E-state index >= 15 is 0 Å². The fourth-order valence-electron chi connectivity index (χ4n) is 1.70. The van der Waals surface area contributed by atoms with Crippen molar-refractivity contribution in [2.45, 2.75) is 38.8 Å². The number of hydrogen-bond donors (Lipinski definition) is 1. The molecule has 0 saturated carbocycles. The van der Waals surface area contributed by atoms with E-state index in [-0.39, 0.29) is 5.75 Å². The smallest absolute Gasteiger partial charge is 0.387 e. The Morgan fingerprint density at radius 2 is 2.00 bits per heavy atom. The van der Waals surface area contributed by atoms with Gasteiger partial charge < -0.3 is 10.1 Å². The number of nitrogens with zero attached hydrogens (tertiary/aromatic N) is 1. The molecule has 0 heterocycles. The molecule has 104 valence electrons. The lowest BCUT2D eigenvalue weighted by Gasteiger charge is -2.12. The normalized spacial score (nSPS) is 12.2. The highest BCUT2D eigenvalue weighted by Gasteiger charge is 2.05. The summed E-state index contributed by atoms with van der Waals surface area (Å²) in [6.07, 6.45) is 2.29. The summed E-state index contributed by atoms with van der Waals surface area (Å²) in [6, 6.07) is 9.09. The third-order valence-corrected chi connectivity index (χ3v) is 2.74. The van der Waals surface area contributed by atoms with Crippen molar-refractivity contribution in [2.24, 2.45) is 0 Å². The molecular weight excluding hydrogens is 250 g/mol. The number of hydrogen-bond acceptors (Lipinski definition) is 3. The van der Waals surface area contributed by atoms with Crippen molar-refractivity contribution in [1.82, 2.24) is 5.32 Å². The van der Waals surface area contributed by atoms with E-state index in [9.17, 15) is 8.78 Å². The molecule has 1 N–H and O–H groups in total. The van der Waals surface area contributed by atoms with Crippen molar-refractivity contribution in [1.29, 1.82) is 5.26 Å². The van der Waals surface area contributed by atoms with Gasteiger partial charge in [0.15, 0.2) is 0 Å². The van der Waals surface area contributed by atoms with Gasteiger partial charge in [-0.1, -0.05) is 12.1 Å². The molecule has 19 heavy (non-hydrogen) atoms. The SMILES string of the molecule is CC(CCc1ccc(OC(F)F)cc1)NCCC#N. The summed E-state index contributed by atoms with van der Waals surface area (Å²) in [5, 5.41) is 11.7. The molecule has 1 aromatic carbocycles. The first-order valence-electron chi connectivity index (χ1n) is 6.26. The van der Waals surface area contributed by atoms with Crippen molar-refractivity contribution in [3.05, 3.63) is 29.8 Å².